The Bertz CT molecular complexity index is 2810. The molecule has 0 amide bonds. The molecule has 10 rings (SSSR count). The van der Waals surface area contributed by atoms with E-state index in [0.29, 0.717) is 5.02 Å². The van der Waals surface area contributed by atoms with Crippen molar-refractivity contribution in [2.75, 3.05) is 0 Å². The summed E-state index contributed by atoms with van der Waals surface area (Å²) in [6.07, 6.45) is 0. The van der Waals surface area contributed by atoms with E-state index in [1.54, 1.807) is 0 Å². The maximum Gasteiger partial charge on any atom is 0.143 e. The van der Waals surface area contributed by atoms with Crippen molar-refractivity contribution in [1.29, 1.82) is 0 Å². The van der Waals surface area contributed by atoms with Crippen molar-refractivity contribution in [3.05, 3.63) is 145 Å². The van der Waals surface area contributed by atoms with Crippen molar-refractivity contribution < 1.29 is 13.3 Å². The van der Waals surface area contributed by atoms with E-state index in [1.165, 1.54) is 0 Å². The van der Waals surface area contributed by atoms with Gasteiger partial charge in [-0.3, -0.25) is 0 Å². The second-order valence-electron chi connectivity index (χ2n) is 11.7. The summed E-state index contributed by atoms with van der Waals surface area (Å²) in [5.41, 5.74) is 11.5. The van der Waals surface area contributed by atoms with E-state index in [9.17, 15) is 0 Å². The number of hydrogen-bond donors (Lipinski definition) is 0. The molecule has 216 valence electrons. The van der Waals surface area contributed by atoms with Crippen LogP contribution in [-0.2, 0) is 0 Å². The fourth-order valence-corrected chi connectivity index (χ4v) is 7.30. The molecule has 0 fully saturated rings. The fourth-order valence-electron chi connectivity index (χ4n) is 7.17. The van der Waals surface area contributed by atoms with E-state index < -0.39 is 0 Å². The van der Waals surface area contributed by atoms with E-state index in [4.69, 9.17) is 24.9 Å². The standard InChI is InChI=1S/C42H23ClO3/c43-25-18-16-24(17-19-25)26-20-21-29(40-33-10-3-5-13-35(33)45-41(26)40)30-23-22-28(39-32-9-2-6-14-36(32)46-42(30)39)27-11-7-15-37-38(27)31-8-1-4-12-34(31)44-37/h1-23H. The van der Waals surface area contributed by atoms with Crippen LogP contribution >= 0.6 is 11.6 Å². The van der Waals surface area contributed by atoms with Crippen LogP contribution in [0.1, 0.15) is 0 Å². The minimum absolute atomic E-state index is 0.702. The lowest BCUT2D eigenvalue weighted by molar-refractivity contribution is 0.668. The molecule has 0 atom stereocenters. The first-order valence-electron chi connectivity index (χ1n) is 15.3. The molecule has 0 radical (unpaired) electrons. The molecule has 0 aliphatic carbocycles. The van der Waals surface area contributed by atoms with Crippen molar-refractivity contribution >= 4 is 77.4 Å². The summed E-state index contributed by atoms with van der Waals surface area (Å²) in [4.78, 5) is 0. The van der Waals surface area contributed by atoms with E-state index in [2.05, 4.69) is 72.8 Å². The SMILES string of the molecule is Clc1ccc(-c2ccc(-c3ccc(-c4cccc5oc6ccccc6c45)c4c3oc3ccccc34)c3c2oc2ccccc23)cc1. The zero-order chi connectivity index (χ0) is 30.4. The average molecular weight is 611 g/mol. The lowest BCUT2D eigenvalue weighted by Crippen LogP contribution is -1.87. The Kier molecular flexibility index (Phi) is 5.34. The van der Waals surface area contributed by atoms with Gasteiger partial charge in [0.15, 0.2) is 0 Å². The Balaban J connectivity index is 1.31. The molecule has 4 heteroatoms. The van der Waals surface area contributed by atoms with Gasteiger partial charge in [0.2, 0.25) is 0 Å². The van der Waals surface area contributed by atoms with E-state index in [1.807, 2.05) is 66.7 Å². The quantitative estimate of drug-likeness (QED) is 0.200. The summed E-state index contributed by atoms with van der Waals surface area (Å²) in [6, 6.07) is 47.7. The first-order valence-corrected chi connectivity index (χ1v) is 15.7. The van der Waals surface area contributed by atoms with Crippen LogP contribution in [0.25, 0.3) is 99.2 Å². The topological polar surface area (TPSA) is 39.4 Å². The van der Waals surface area contributed by atoms with Crippen LogP contribution < -0.4 is 0 Å². The van der Waals surface area contributed by atoms with Gasteiger partial charge in [-0.05, 0) is 70.8 Å². The Morgan fingerprint density at radius 3 is 1.43 bits per heavy atom. The van der Waals surface area contributed by atoms with Gasteiger partial charge in [-0.1, -0.05) is 103 Å². The third kappa shape index (κ3) is 3.61. The largest absolute Gasteiger partial charge is 0.456 e. The van der Waals surface area contributed by atoms with Gasteiger partial charge >= 0.3 is 0 Å². The molecule has 0 unspecified atom stereocenters. The molecule has 3 nitrogen and oxygen atoms in total. The highest BCUT2D eigenvalue weighted by molar-refractivity contribution is 6.30. The summed E-state index contributed by atoms with van der Waals surface area (Å²) in [5, 5.41) is 7.17. The molecule has 0 spiro atoms. The van der Waals surface area contributed by atoms with Crippen LogP contribution in [0, 0.1) is 0 Å². The first-order chi connectivity index (χ1) is 22.7. The third-order valence-electron chi connectivity index (χ3n) is 9.19. The summed E-state index contributed by atoms with van der Waals surface area (Å²) in [7, 11) is 0. The van der Waals surface area contributed by atoms with Gasteiger partial charge in [-0.15, -0.1) is 0 Å². The normalized spacial score (nSPS) is 12.0. The highest BCUT2D eigenvalue weighted by atomic mass is 35.5. The Labute approximate surface area is 267 Å². The Morgan fingerprint density at radius 1 is 0.326 bits per heavy atom. The van der Waals surface area contributed by atoms with Crippen molar-refractivity contribution in [2.45, 2.75) is 0 Å². The molecule has 0 saturated carbocycles. The van der Waals surface area contributed by atoms with E-state index >= 15 is 0 Å². The van der Waals surface area contributed by atoms with Gasteiger partial charge in [0.05, 0.1) is 0 Å². The fraction of sp³-hybridized carbons (Fsp3) is 0. The molecule has 0 bridgehead atoms. The number of rotatable bonds is 3. The molecule has 7 aromatic carbocycles. The van der Waals surface area contributed by atoms with Crippen LogP contribution in [0.15, 0.2) is 153 Å². The zero-order valence-electron chi connectivity index (χ0n) is 24.4. The van der Waals surface area contributed by atoms with Crippen LogP contribution in [-0.4, -0.2) is 0 Å². The number of para-hydroxylation sites is 3. The monoisotopic (exact) mass is 610 g/mol. The molecule has 10 aromatic rings. The maximum atomic E-state index is 6.78. The predicted molar refractivity (Wildman–Crippen MR) is 190 cm³/mol. The van der Waals surface area contributed by atoms with Gasteiger partial charge in [0.25, 0.3) is 0 Å². The Morgan fingerprint density at radius 2 is 0.783 bits per heavy atom. The number of furan rings is 3. The second-order valence-corrected chi connectivity index (χ2v) is 12.1. The lowest BCUT2D eigenvalue weighted by Gasteiger charge is -2.12. The van der Waals surface area contributed by atoms with Gasteiger partial charge in [0.1, 0.15) is 33.5 Å². The van der Waals surface area contributed by atoms with Gasteiger partial charge in [-0.25, -0.2) is 0 Å². The first kappa shape index (κ1) is 25.5. The molecule has 0 saturated heterocycles. The average Bonchev–Trinajstić information content (AvgIpc) is 3.80. The second kappa shape index (κ2) is 9.61. The van der Waals surface area contributed by atoms with Gasteiger partial charge < -0.3 is 13.3 Å². The van der Waals surface area contributed by atoms with Crippen molar-refractivity contribution in [2.24, 2.45) is 0 Å². The predicted octanol–water partition coefficient (Wildman–Crippen LogP) is 13.0. The summed E-state index contributed by atoms with van der Waals surface area (Å²) >= 11 is 6.25. The van der Waals surface area contributed by atoms with E-state index in [0.717, 1.165) is 99.2 Å². The molecule has 0 aliphatic rings. The summed E-state index contributed by atoms with van der Waals surface area (Å²) < 4.78 is 19.7. The summed E-state index contributed by atoms with van der Waals surface area (Å²) in [5.74, 6) is 0. The lowest BCUT2D eigenvalue weighted by atomic mass is 9.90. The maximum absolute atomic E-state index is 6.78. The minimum atomic E-state index is 0.702. The van der Waals surface area contributed by atoms with Crippen LogP contribution in [0.5, 0.6) is 0 Å². The number of halogens is 1. The molecule has 46 heavy (non-hydrogen) atoms. The smallest absolute Gasteiger partial charge is 0.143 e. The third-order valence-corrected chi connectivity index (χ3v) is 9.44. The number of benzene rings is 7. The molecular formula is C42H23ClO3. The zero-order valence-corrected chi connectivity index (χ0v) is 25.1. The van der Waals surface area contributed by atoms with Crippen molar-refractivity contribution in [3.63, 3.8) is 0 Å². The molecule has 0 aliphatic heterocycles. The van der Waals surface area contributed by atoms with Crippen molar-refractivity contribution in [1.82, 2.24) is 0 Å². The number of hydrogen-bond acceptors (Lipinski definition) is 3. The van der Waals surface area contributed by atoms with Crippen LogP contribution in [0.3, 0.4) is 0 Å². The highest BCUT2D eigenvalue weighted by Crippen LogP contribution is 2.48. The van der Waals surface area contributed by atoms with Crippen LogP contribution in [0.2, 0.25) is 5.02 Å². The Hall–Kier alpha value is -5.77. The van der Waals surface area contributed by atoms with Gasteiger partial charge in [0, 0.05) is 48.5 Å². The van der Waals surface area contributed by atoms with E-state index in [-0.39, 0.29) is 0 Å². The molecule has 3 heterocycles. The molecular weight excluding hydrogens is 588 g/mol. The summed E-state index contributed by atoms with van der Waals surface area (Å²) in [6.45, 7) is 0. The van der Waals surface area contributed by atoms with Gasteiger partial charge in [-0.2, -0.15) is 0 Å². The number of fused-ring (bicyclic) bond motifs is 9. The highest BCUT2D eigenvalue weighted by Gasteiger charge is 2.23. The van der Waals surface area contributed by atoms with Crippen LogP contribution in [0.4, 0.5) is 0 Å². The molecule has 0 N–H and O–H groups in total. The van der Waals surface area contributed by atoms with Crippen molar-refractivity contribution in [3.8, 4) is 33.4 Å². The minimum Gasteiger partial charge on any atom is -0.456 e. The molecule has 3 aromatic heterocycles.